The van der Waals surface area contributed by atoms with Gasteiger partial charge < -0.3 is 9.47 Å². The summed E-state index contributed by atoms with van der Waals surface area (Å²) in [4.78, 5) is 0. The molecule has 0 saturated carbocycles. The maximum atomic E-state index is 7.08. The zero-order valence-corrected chi connectivity index (χ0v) is 28.2. The maximum absolute atomic E-state index is 7.08. The van der Waals surface area contributed by atoms with Crippen LogP contribution in [0.25, 0.3) is 44.5 Å². The SMILES string of the molecule is Cc1ccccc1-c1ccc2c(c1)B1c3cc(-c4ccccc4C)ccc3Oc3c(-c4ccccc4C)cc(-c4ccccc4C)c(c31)O2. The molecule has 0 radical (unpaired) electrons. The first-order chi connectivity index (χ1) is 24.0. The van der Waals surface area contributed by atoms with Crippen LogP contribution < -0.4 is 25.9 Å². The molecule has 2 aliphatic rings. The van der Waals surface area contributed by atoms with E-state index >= 15 is 0 Å². The van der Waals surface area contributed by atoms with Gasteiger partial charge in [-0.15, -0.1) is 0 Å². The van der Waals surface area contributed by atoms with Crippen molar-refractivity contribution in [3.05, 3.63) is 162 Å². The lowest BCUT2D eigenvalue weighted by atomic mass is 9.34. The molecule has 7 aromatic rings. The minimum absolute atomic E-state index is 0.0998. The molecule has 0 aliphatic carbocycles. The highest BCUT2D eigenvalue weighted by molar-refractivity contribution is 6.98. The van der Waals surface area contributed by atoms with Crippen molar-refractivity contribution in [2.45, 2.75) is 27.7 Å². The molecule has 0 fully saturated rings. The van der Waals surface area contributed by atoms with Gasteiger partial charge in [0.2, 0.25) is 0 Å². The minimum Gasteiger partial charge on any atom is -0.458 e. The van der Waals surface area contributed by atoms with E-state index in [2.05, 4.69) is 167 Å². The number of ether oxygens (including phenoxy) is 2. The van der Waals surface area contributed by atoms with Crippen molar-refractivity contribution < 1.29 is 9.47 Å². The van der Waals surface area contributed by atoms with E-state index in [1.807, 2.05) is 0 Å². The Labute approximate surface area is 288 Å². The molecule has 0 bridgehead atoms. The van der Waals surface area contributed by atoms with Crippen molar-refractivity contribution in [1.29, 1.82) is 0 Å². The Morgan fingerprint density at radius 3 is 1.12 bits per heavy atom. The molecule has 0 saturated heterocycles. The van der Waals surface area contributed by atoms with Crippen LogP contribution in [0.2, 0.25) is 0 Å². The Kier molecular flexibility index (Phi) is 6.84. The fourth-order valence-electron chi connectivity index (χ4n) is 7.86. The summed E-state index contributed by atoms with van der Waals surface area (Å²) in [5.74, 6) is 3.51. The van der Waals surface area contributed by atoms with Crippen molar-refractivity contribution >= 4 is 23.1 Å². The highest BCUT2D eigenvalue weighted by atomic mass is 16.5. The van der Waals surface area contributed by atoms with Crippen LogP contribution in [0.4, 0.5) is 0 Å². The Balaban J connectivity index is 1.38. The number of hydrogen-bond acceptors (Lipinski definition) is 2. The molecule has 0 unspecified atom stereocenters. The van der Waals surface area contributed by atoms with Gasteiger partial charge in [0, 0.05) is 16.6 Å². The van der Waals surface area contributed by atoms with Crippen LogP contribution >= 0.6 is 0 Å². The molecular weight excluding hydrogens is 595 g/mol. The first-order valence-electron chi connectivity index (χ1n) is 17.0. The monoisotopic (exact) mass is 630 g/mol. The van der Waals surface area contributed by atoms with Gasteiger partial charge in [-0.3, -0.25) is 0 Å². The number of rotatable bonds is 4. The van der Waals surface area contributed by atoms with Crippen molar-refractivity contribution in [1.82, 2.24) is 0 Å². The van der Waals surface area contributed by atoms with Gasteiger partial charge >= 0.3 is 0 Å². The quantitative estimate of drug-likeness (QED) is 0.180. The molecule has 0 aromatic heterocycles. The molecule has 49 heavy (non-hydrogen) atoms. The van der Waals surface area contributed by atoms with Gasteiger partial charge in [0.05, 0.1) is 0 Å². The molecule has 0 N–H and O–H groups in total. The van der Waals surface area contributed by atoms with E-state index in [-0.39, 0.29) is 6.71 Å². The molecule has 2 nitrogen and oxygen atoms in total. The largest absolute Gasteiger partial charge is 0.458 e. The molecular formula is C46H35BO2. The highest BCUT2D eigenvalue weighted by Gasteiger charge is 2.43. The molecule has 2 aliphatic heterocycles. The second-order valence-electron chi connectivity index (χ2n) is 13.4. The summed E-state index contributed by atoms with van der Waals surface area (Å²) in [5.41, 5.74) is 17.6. The third-order valence-electron chi connectivity index (χ3n) is 10.4. The van der Waals surface area contributed by atoms with E-state index in [1.54, 1.807) is 0 Å². The van der Waals surface area contributed by atoms with Gasteiger partial charge in [0.25, 0.3) is 6.71 Å². The highest BCUT2D eigenvalue weighted by Crippen LogP contribution is 2.47. The number of aryl methyl sites for hydroxylation is 4. The lowest BCUT2D eigenvalue weighted by molar-refractivity contribution is 0.467. The van der Waals surface area contributed by atoms with Gasteiger partial charge in [-0.2, -0.15) is 0 Å². The van der Waals surface area contributed by atoms with Crippen LogP contribution in [0.1, 0.15) is 22.3 Å². The van der Waals surface area contributed by atoms with Gasteiger partial charge in [0.1, 0.15) is 23.0 Å². The molecule has 7 aromatic carbocycles. The summed E-state index contributed by atoms with van der Waals surface area (Å²) in [6.45, 7) is 8.62. The van der Waals surface area contributed by atoms with E-state index in [0.717, 1.165) is 61.6 Å². The summed E-state index contributed by atoms with van der Waals surface area (Å²) in [5, 5.41) is 0. The Hall–Kier alpha value is -5.80. The second kappa shape index (κ2) is 11.4. The fraction of sp³-hybridized carbons (Fsp3) is 0.0870. The average Bonchev–Trinajstić information content (AvgIpc) is 3.12. The van der Waals surface area contributed by atoms with Gasteiger partial charge in [0.15, 0.2) is 0 Å². The van der Waals surface area contributed by atoms with Crippen LogP contribution in [0.3, 0.4) is 0 Å². The van der Waals surface area contributed by atoms with Crippen LogP contribution in [0, 0.1) is 27.7 Å². The zero-order chi connectivity index (χ0) is 33.2. The van der Waals surface area contributed by atoms with Crippen molar-refractivity contribution in [2.75, 3.05) is 0 Å². The average molecular weight is 631 g/mol. The number of benzene rings is 7. The molecule has 2 heterocycles. The van der Waals surface area contributed by atoms with E-state index in [9.17, 15) is 0 Å². The van der Waals surface area contributed by atoms with Gasteiger partial charge in [-0.25, -0.2) is 0 Å². The number of fused-ring (bicyclic) bond motifs is 4. The van der Waals surface area contributed by atoms with E-state index < -0.39 is 0 Å². The fourth-order valence-corrected chi connectivity index (χ4v) is 7.86. The van der Waals surface area contributed by atoms with E-state index in [4.69, 9.17) is 9.47 Å². The molecule has 0 spiro atoms. The molecule has 234 valence electrons. The summed E-state index contributed by atoms with van der Waals surface area (Å²) >= 11 is 0. The first kappa shape index (κ1) is 29.4. The first-order valence-corrected chi connectivity index (χ1v) is 17.0. The standard InChI is InChI=1S/C46H35BO2/c1-28-13-5-9-17-34(28)32-21-23-42-40(25-32)47-41-26-33(35-18-10-6-14-29(35)2)22-24-43(41)49-46-39(37-20-12-8-16-31(37)4)27-38(45(48-42)44(46)47)36-19-11-7-15-30(36)3/h5-27H,1-4H3. The second-order valence-corrected chi connectivity index (χ2v) is 13.4. The summed E-state index contributed by atoms with van der Waals surface area (Å²) in [6.07, 6.45) is 0. The Morgan fingerprint density at radius 2 is 0.735 bits per heavy atom. The predicted molar refractivity (Wildman–Crippen MR) is 205 cm³/mol. The Morgan fingerprint density at radius 1 is 0.367 bits per heavy atom. The molecule has 3 heteroatoms. The predicted octanol–water partition coefficient (Wildman–Crippen LogP) is 10.3. The lowest BCUT2D eigenvalue weighted by Gasteiger charge is -2.36. The van der Waals surface area contributed by atoms with E-state index in [1.165, 1.54) is 44.5 Å². The lowest BCUT2D eigenvalue weighted by Crippen LogP contribution is -2.57. The Bertz CT molecular complexity index is 2290. The molecule has 0 amide bonds. The number of hydrogen-bond donors (Lipinski definition) is 0. The third-order valence-corrected chi connectivity index (χ3v) is 10.4. The van der Waals surface area contributed by atoms with Gasteiger partial charge in [-0.1, -0.05) is 121 Å². The maximum Gasteiger partial charge on any atom is 0.260 e. The van der Waals surface area contributed by atoms with Crippen molar-refractivity contribution in [3.8, 4) is 67.5 Å². The van der Waals surface area contributed by atoms with Crippen LogP contribution in [0.15, 0.2) is 140 Å². The van der Waals surface area contributed by atoms with Crippen molar-refractivity contribution in [3.63, 3.8) is 0 Å². The third kappa shape index (κ3) is 4.72. The summed E-state index contributed by atoms with van der Waals surface area (Å²) in [7, 11) is 0. The topological polar surface area (TPSA) is 18.5 Å². The summed E-state index contributed by atoms with van der Waals surface area (Å²) in [6, 6.07) is 50.1. The van der Waals surface area contributed by atoms with Crippen LogP contribution in [-0.2, 0) is 0 Å². The van der Waals surface area contributed by atoms with Gasteiger partial charge in [-0.05, 0) is 112 Å². The van der Waals surface area contributed by atoms with E-state index in [0.29, 0.717) is 0 Å². The molecule has 0 atom stereocenters. The minimum atomic E-state index is -0.0998. The van der Waals surface area contributed by atoms with Crippen molar-refractivity contribution in [2.24, 2.45) is 0 Å². The smallest absolute Gasteiger partial charge is 0.260 e. The van der Waals surface area contributed by atoms with Crippen LogP contribution in [0.5, 0.6) is 23.0 Å². The van der Waals surface area contributed by atoms with Crippen LogP contribution in [-0.4, -0.2) is 6.71 Å². The zero-order valence-electron chi connectivity index (χ0n) is 28.2. The summed E-state index contributed by atoms with van der Waals surface area (Å²) < 4.78 is 14.2. The normalized spacial score (nSPS) is 12.4. The molecule has 9 rings (SSSR count).